The van der Waals surface area contributed by atoms with E-state index in [2.05, 4.69) is 18.7 Å². The molecule has 5 rings (SSSR count). The Morgan fingerprint density at radius 3 is 2.73 bits per heavy atom. The van der Waals surface area contributed by atoms with Crippen molar-refractivity contribution in [3.05, 3.63) is 22.4 Å². The number of rotatable bonds is 6. The molecule has 1 aromatic rings. The lowest BCUT2D eigenvalue weighted by Crippen LogP contribution is -2.40. The molecular formula is C23H31N3O4. The smallest absolute Gasteiger partial charge is 0.325 e. The summed E-state index contributed by atoms with van der Waals surface area (Å²) in [6.07, 6.45) is 5.15. The van der Waals surface area contributed by atoms with Crippen LogP contribution < -0.4 is 4.90 Å². The summed E-state index contributed by atoms with van der Waals surface area (Å²) in [5.74, 6) is 1.06. The third-order valence-corrected chi connectivity index (χ3v) is 7.55. The maximum Gasteiger partial charge on any atom is 0.325 e. The van der Waals surface area contributed by atoms with Gasteiger partial charge in [0.1, 0.15) is 12.4 Å². The van der Waals surface area contributed by atoms with Gasteiger partial charge in [0.05, 0.1) is 37.6 Å². The largest absolute Gasteiger partial charge is 0.468 e. The lowest BCUT2D eigenvalue weighted by atomic mass is 10.0. The van der Waals surface area contributed by atoms with E-state index in [0.717, 1.165) is 48.6 Å². The molecule has 2 saturated carbocycles. The molecule has 7 nitrogen and oxygen atoms in total. The van der Waals surface area contributed by atoms with E-state index in [4.69, 9.17) is 14.5 Å². The van der Waals surface area contributed by atoms with Gasteiger partial charge in [-0.05, 0) is 56.1 Å². The van der Waals surface area contributed by atoms with Crippen LogP contribution in [0.1, 0.15) is 59.8 Å². The number of esters is 1. The average molecular weight is 414 g/mol. The first-order chi connectivity index (χ1) is 14.3. The highest BCUT2D eigenvalue weighted by molar-refractivity contribution is 6.01. The first kappa shape index (κ1) is 19.8. The molecule has 3 atom stereocenters. The van der Waals surface area contributed by atoms with Crippen LogP contribution >= 0.6 is 0 Å². The lowest BCUT2D eigenvalue weighted by molar-refractivity contribution is -0.141. The fraction of sp³-hybridized carbons (Fsp3) is 0.696. The Bertz CT molecular complexity index is 910. The molecule has 162 valence electrons. The Hall–Kier alpha value is -2.15. The van der Waals surface area contributed by atoms with Gasteiger partial charge >= 0.3 is 5.97 Å². The number of anilines is 1. The quantitative estimate of drug-likeness (QED) is 0.668. The molecule has 2 aliphatic heterocycles. The highest BCUT2D eigenvalue weighted by Gasteiger charge is 2.52. The van der Waals surface area contributed by atoms with Gasteiger partial charge in [-0.1, -0.05) is 6.92 Å². The maximum absolute atomic E-state index is 12.8. The average Bonchev–Trinajstić information content (AvgIpc) is 3.64. The Kier molecular flexibility index (Phi) is 4.58. The van der Waals surface area contributed by atoms with Crippen molar-refractivity contribution in [2.45, 2.75) is 65.1 Å². The van der Waals surface area contributed by atoms with E-state index >= 15 is 0 Å². The minimum atomic E-state index is -0.409. The fourth-order valence-electron chi connectivity index (χ4n) is 5.02. The predicted molar refractivity (Wildman–Crippen MR) is 111 cm³/mol. The van der Waals surface area contributed by atoms with Crippen LogP contribution in [0, 0.1) is 25.2 Å². The number of carbonyl (C=O) groups is 2. The Morgan fingerprint density at radius 2 is 2.03 bits per heavy atom. The Morgan fingerprint density at radius 1 is 1.27 bits per heavy atom. The molecule has 7 heteroatoms. The van der Waals surface area contributed by atoms with Crippen molar-refractivity contribution in [1.82, 2.24) is 9.88 Å². The molecule has 2 aliphatic carbocycles. The fourth-order valence-corrected chi connectivity index (χ4v) is 5.02. The van der Waals surface area contributed by atoms with Crippen LogP contribution in [0.25, 0.3) is 0 Å². The van der Waals surface area contributed by atoms with Gasteiger partial charge in [-0.3, -0.25) is 9.59 Å². The summed E-state index contributed by atoms with van der Waals surface area (Å²) in [7, 11) is 1.34. The first-order valence-electron chi connectivity index (χ1n) is 11.1. The van der Waals surface area contributed by atoms with E-state index in [1.807, 2.05) is 6.92 Å². The van der Waals surface area contributed by atoms with Crippen LogP contribution in [0.2, 0.25) is 0 Å². The highest BCUT2D eigenvalue weighted by atomic mass is 16.5. The van der Waals surface area contributed by atoms with Gasteiger partial charge < -0.3 is 19.3 Å². The first-order valence-corrected chi connectivity index (χ1v) is 11.1. The predicted octanol–water partition coefficient (Wildman–Crippen LogP) is 2.61. The minimum Gasteiger partial charge on any atom is -0.468 e. The number of aromatic nitrogens is 1. The van der Waals surface area contributed by atoms with Crippen LogP contribution in [0.15, 0.2) is 0 Å². The highest BCUT2D eigenvalue weighted by Crippen LogP contribution is 2.50. The molecule has 1 saturated heterocycles. The van der Waals surface area contributed by atoms with Crippen molar-refractivity contribution in [3.8, 4) is 0 Å². The van der Waals surface area contributed by atoms with Crippen LogP contribution in [0.5, 0.6) is 0 Å². The van der Waals surface area contributed by atoms with Gasteiger partial charge in [0.2, 0.25) is 0 Å². The number of methoxy groups -OCH3 is 1. The number of ether oxygens (including phenoxy) is 2. The van der Waals surface area contributed by atoms with Crippen molar-refractivity contribution in [3.63, 3.8) is 0 Å². The van der Waals surface area contributed by atoms with Gasteiger partial charge in [0.25, 0.3) is 5.91 Å². The standard InChI is InChI=1S/C23H31N3O4/c1-13-14(2)21(24-16-10-25(11-19(27)29-4)22(28)20(13)16)26-8-5-18(15-9-17(15)26)30-12-23(3)6-7-23/h15,17-18H,5-12H2,1-4H3. The van der Waals surface area contributed by atoms with Crippen LogP contribution in [0.4, 0.5) is 5.82 Å². The summed E-state index contributed by atoms with van der Waals surface area (Å²) in [5, 5.41) is 0. The molecule has 0 radical (unpaired) electrons. The molecular weight excluding hydrogens is 382 g/mol. The van der Waals surface area contributed by atoms with E-state index in [-0.39, 0.29) is 12.5 Å². The molecule has 0 spiro atoms. The summed E-state index contributed by atoms with van der Waals surface area (Å²) < 4.78 is 11.0. The molecule has 0 N–H and O–H groups in total. The van der Waals surface area contributed by atoms with E-state index in [1.165, 1.54) is 24.9 Å². The zero-order valence-corrected chi connectivity index (χ0v) is 18.4. The third kappa shape index (κ3) is 3.27. The second-order valence-corrected chi connectivity index (χ2v) is 9.85. The van der Waals surface area contributed by atoms with E-state index in [1.54, 1.807) is 0 Å². The van der Waals surface area contributed by atoms with Crippen LogP contribution in [0.3, 0.4) is 0 Å². The monoisotopic (exact) mass is 413 g/mol. The molecule has 4 aliphatic rings. The summed E-state index contributed by atoms with van der Waals surface area (Å²) >= 11 is 0. The number of amides is 1. The van der Waals surface area contributed by atoms with Crippen molar-refractivity contribution >= 4 is 17.7 Å². The number of pyridine rings is 1. The van der Waals surface area contributed by atoms with Gasteiger partial charge in [-0.25, -0.2) is 4.98 Å². The van der Waals surface area contributed by atoms with Crippen LogP contribution in [-0.2, 0) is 20.8 Å². The van der Waals surface area contributed by atoms with Gasteiger partial charge in [0, 0.05) is 18.5 Å². The van der Waals surface area contributed by atoms with Gasteiger partial charge in [-0.15, -0.1) is 0 Å². The number of hydrogen-bond acceptors (Lipinski definition) is 6. The maximum atomic E-state index is 12.8. The number of hydrogen-bond donors (Lipinski definition) is 0. The molecule has 3 unspecified atom stereocenters. The summed E-state index contributed by atoms with van der Waals surface area (Å²) in [6.45, 7) is 8.54. The third-order valence-electron chi connectivity index (χ3n) is 7.55. The van der Waals surface area contributed by atoms with E-state index in [9.17, 15) is 9.59 Å². The molecule has 1 aromatic heterocycles. The zero-order chi connectivity index (χ0) is 21.2. The van der Waals surface area contributed by atoms with E-state index in [0.29, 0.717) is 35.6 Å². The second kappa shape index (κ2) is 6.94. The van der Waals surface area contributed by atoms with Crippen molar-refractivity contribution in [2.24, 2.45) is 11.3 Å². The van der Waals surface area contributed by atoms with Gasteiger partial charge in [0.15, 0.2) is 0 Å². The minimum absolute atomic E-state index is 0.0358. The summed E-state index contributed by atoms with van der Waals surface area (Å²) in [5.41, 5.74) is 3.91. The zero-order valence-electron chi connectivity index (χ0n) is 18.4. The topological polar surface area (TPSA) is 72.0 Å². The molecule has 3 heterocycles. The molecule has 3 fully saturated rings. The Labute approximate surface area is 177 Å². The lowest BCUT2D eigenvalue weighted by Gasteiger charge is -2.34. The van der Waals surface area contributed by atoms with Crippen molar-refractivity contribution in [1.29, 1.82) is 0 Å². The van der Waals surface area contributed by atoms with Gasteiger partial charge in [-0.2, -0.15) is 0 Å². The Balaban J connectivity index is 1.33. The normalized spacial score (nSPS) is 28.3. The van der Waals surface area contributed by atoms with Crippen molar-refractivity contribution in [2.75, 3.05) is 31.7 Å². The number of piperidine rings is 1. The van der Waals surface area contributed by atoms with Crippen LogP contribution in [-0.4, -0.2) is 60.7 Å². The molecule has 1 amide bonds. The molecule has 30 heavy (non-hydrogen) atoms. The molecule has 0 aromatic carbocycles. The number of carbonyl (C=O) groups excluding carboxylic acids is 2. The SMILES string of the molecule is COC(=O)CN1Cc2nc(N3CCC(OCC4(C)CC4)C4CC43)c(C)c(C)c2C1=O. The van der Waals surface area contributed by atoms with Crippen molar-refractivity contribution < 1.29 is 19.1 Å². The molecule has 0 bridgehead atoms. The number of nitrogens with zero attached hydrogens (tertiary/aromatic N) is 3. The number of fused-ring (bicyclic) bond motifs is 2. The summed E-state index contributed by atoms with van der Waals surface area (Å²) in [4.78, 5) is 33.4. The second-order valence-electron chi connectivity index (χ2n) is 9.85. The summed E-state index contributed by atoms with van der Waals surface area (Å²) in [6, 6.07) is 0.489. The van der Waals surface area contributed by atoms with E-state index < -0.39 is 5.97 Å².